The molecule has 0 fully saturated rings. The minimum Gasteiger partial charge on any atom is -0.308 e. The molecule has 2 aromatic carbocycles. The summed E-state index contributed by atoms with van der Waals surface area (Å²) in [5.74, 6) is -0.344. The summed E-state index contributed by atoms with van der Waals surface area (Å²) >= 11 is 3.06. The maximum absolute atomic E-state index is 13.0. The molecule has 0 atom stereocenters. The number of carbonyl (C=O) groups excluding carboxylic acids is 1. The average molecular weight is 383 g/mol. The van der Waals surface area contributed by atoms with Crippen LogP contribution in [0.4, 0.5) is 19.9 Å². The lowest BCUT2D eigenvalue weighted by Gasteiger charge is -2.08. The van der Waals surface area contributed by atoms with Gasteiger partial charge in [-0.3, -0.25) is 5.32 Å². The first-order valence-electron chi connectivity index (χ1n) is 7.88. The number of nitrogens with one attached hydrogen (secondary N) is 2. The van der Waals surface area contributed by atoms with Gasteiger partial charge in [0.25, 0.3) is 0 Å². The van der Waals surface area contributed by atoms with Crippen molar-refractivity contribution in [1.29, 1.82) is 0 Å². The predicted molar refractivity (Wildman–Crippen MR) is 107 cm³/mol. The van der Waals surface area contributed by atoms with Gasteiger partial charge in [-0.2, -0.15) is 0 Å². The quantitative estimate of drug-likeness (QED) is 0.448. The van der Waals surface area contributed by atoms with Gasteiger partial charge in [-0.15, -0.1) is 22.7 Å². The van der Waals surface area contributed by atoms with Crippen molar-refractivity contribution in [2.24, 2.45) is 0 Å². The number of urea groups is 1. The summed E-state index contributed by atoms with van der Waals surface area (Å²) in [6.07, 6.45) is 0. The number of para-hydroxylation sites is 1. The van der Waals surface area contributed by atoms with Crippen LogP contribution < -0.4 is 10.6 Å². The highest BCUT2D eigenvalue weighted by Crippen LogP contribution is 2.40. The van der Waals surface area contributed by atoms with Crippen LogP contribution in [-0.2, 0) is 0 Å². The summed E-state index contributed by atoms with van der Waals surface area (Å²) in [5.41, 5.74) is 3.47. The maximum Gasteiger partial charge on any atom is 0.324 e. The Morgan fingerprint density at radius 2 is 1.85 bits per heavy atom. The SMILES string of the molecule is Cc1csc(NC(=O)Nc2ccc(F)cc2)c1-c1nc2ccccc2s1. The number of thiophene rings is 1. The third kappa shape index (κ3) is 3.31. The van der Waals surface area contributed by atoms with Gasteiger partial charge in [0, 0.05) is 11.3 Å². The lowest BCUT2D eigenvalue weighted by atomic mass is 10.2. The van der Waals surface area contributed by atoms with Crippen molar-refractivity contribution in [3.63, 3.8) is 0 Å². The van der Waals surface area contributed by atoms with Gasteiger partial charge in [-0.1, -0.05) is 12.1 Å². The smallest absolute Gasteiger partial charge is 0.308 e. The molecule has 0 saturated heterocycles. The van der Waals surface area contributed by atoms with E-state index in [1.54, 1.807) is 11.3 Å². The molecule has 0 aliphatic heterocycles. The number of rotatable bonds is 3. The van der Waals surface area contributed by atoms with Crippen LogP contribution in [0.5, 0.6) is 0 Å². The first kappa shape index (κ1) is 16.7. The second-order valence-corrected chi connectivity index (χ2v) is 7.61. The Kier molecular flexibility index (Phi) is 4.40. The molecule has 26 heavy (non-hydrogen) atoms. The number of aryl methyl sites for hydroxylation is 1. The Labute approximate surface area is 157 Å². The number of hydrogen-bond acceptors (Lipinski definition) is 4. The van der Waals surface area contributed by atoms with Gasteiger partial charge in [0.05, 0.1) is 10.2 Å². The van der Waals surface area contributed by atoms with Gasteiger partial charge in [0.15, 0.2) is 0 Å². The molecule has 0 aliphatic rings. The van der Waals surface area contributed by atoms with Crippen LogP contribution in [0, 0.1) is 12.7 Å². The van der Waals surface area contributed by atoms with Crippen molar-refractivity contribution < 1.29 is 9.18 Å². The Morgan fingerprint density at radius 1 is 1.08 bits per heavy atom. The van der Waals surface area contributed by atoms with E-state index in [0.717, 1.165) is 31.4 Å². The molecular formula is C19H14FN3OS2. The van der Waals surface area contributed by atoms with Crippen molar-refractivity contribution in [2.45, 2.75) is 6.92 Å². The predicted octanol–water partition coefficient (Wildman–Crippen LogP) is 6.12. The summed E-state index contributed by atoms with van der Waals surface area (Å²) in [6, 6.07) is 13.2. The van der Waals surface area contributed by atoms with E-state index >= 15 is 0 Å². The number of nitrogens with zero attached hydrogens (tertiary/aromatic N) is 1. The Balaban J connectivity index is 1.59. The van der Waals surface area contributed by atoms with Crippen molar-refractivity contribution in [2.75, 3.05) is 10.6 Å². The third-order valence-electron chi connectivity index (χ3n) is 3.81. The fraction of sp³-hybridized carbons (Fsp3) is 0.0526. The van der Waals surface area contributed by atoms with Crippen LogP contribution in [-0.4, -0.2) is 11.0 Å². The lowest BCUT2D eigenvalue weighted by molar-refractivity contribution is 0.262. The van der Waals surface area contributed by atoms with Crippen molar-refractivity contribution in [3.8, 4) is 10.6 Å². The Hall–Kier alpha value is -2.77. The van der Waals surface area contributed by atoms with Gasteiger partial charge in [0.2, 0.25) is 0 Å². The molecule has 0 radical (unpaired) electrons. The van der Waals surface area contributed by atoms with E-state index in [9.17, 15) is 9.18 Å². The van der Waals surface area contributed by atoms with Gasteiger partial charge < -0.3 is 5.32 Å². The summed E-state index contributed by atoms with van der Waals surface area (Å²) in [6.45, 7) is 2.00. The monoisotopic (exact) mass is 383 g/mol. The van der Waals surface area contributed by atoms with Gasteiger partial charge in [-0.05, 0) is 54.3 Å². The van der Waals surface area contributed by atoms with Gasteiger partial charge >= 0.3 is 6.03 Å². The number of carbonyl (C=O) groups is 1. The molecule has 4 rings (SSSR count). The maximum atomic E-state index is 13.0. The van der Waals surface area contributed by atoms with E-state index < -0.39 is 0 Å². The number of thiazole rings is 1. The molecule has 2 aromatic heterocycles. The van der Waals surface area contributed by atoms with Crippen LogP contribution >= 0.6 is 22.7 Å². The van der Waals surface area contributed by atoms with E-state index in [0.29, 0.717) is 5.69 Å². The largest absolute Gasteiger partial charge is 0.324 e. The number of fused-ring (bicyclic) bond motifs is 1. The molecule has 4 nitrogen and oxygen atoms in total. The Bertz CT molecular complexity index is 1050. The summed E-state index contributed by atoms with van der Waals surface area (Å²) in [4.78, 5) is 17.0. The highest BCUT2D eigenvalue weighted by molar-refractivity contribution is 7.22. The number of anilines is 2. The molecule has 0 saturated carbocycles. The molecule has 4 aromatic rings. The van der Waals surface area contributed by atoms with Crippen molar-refractivity contribution >= 4 is 49.6 Å². The summed E-state index contributed by atoms with van der Waals surface area (Å²) < 4.78 is 14.1. The average Bonchev–Trinajstić information content (AvgIpc) is 3.20. The van der Waals surface area contributed by atoms with Crippen LogP contribution in [0.15, 0.2) is 53.9 Å². The van der Waals surface area contributed by atoms with E-state index in [1.165, 1.54) is 35.6 Å². The van der Waals surface area contributed by atoms with E-state index in [1.807, 2.05) is 36.6 Å². The van der Waals surface area contributed by atoms with E-state index in [-0.39, 0.29) is 11.8 Å². The fourth-order valence-electron chi connectivity index (χ4n) is 2.58. The first-order chi connectivity index (χ1) is 12.6. The molecule has 0 unspecified atom stereocenters. The van der Waals surface area contributed by atoms with E-state index in [4.69, 9.17) is 0 Å². The normalized spacial score (nSPS) is 10.8. The number of aromatic nitrogens is 1. The highest BCUT2D eigenvalue weighted by atomic mass is 32.1. The molecule has 2 heterocycles. The van der Waals surface area contributed by atoms with Crippen LogP contribution in [0.2, 0.25) is 0 Å². The zero-order valence-corrected chi connectivity index (χ0v) is 15.4. The number of amides is 2. The van der Waals surface area contributed by atoms with E-state index in [2.05, 4.69) is 15.6 Å². The molecule has 0 aliphatic carbocycles. The number of halogens is 1. The summed E-state index contributed by atoms with van der Waals surface area (Å²) in [5, 5.41) is 9.19. The standard InChI is InChI=1S/C19H14FN3OS2/c1-11-10-25-17(23-19(24)21-13-8-6-12(20)7-9-13)16(11)18-22-14-4-2-3-5-15(14)26-18/h2-10H,1H3,(H2,21,23,24). The molecule has 130 valence electrons. The zero-order chi connectivity index (χ0) is 18.1. The van der Waals surface area contributed by atoms with Crippen molar-refractivity contribution in [3.05, 3.63) is 65.3 Å². The summed E-state index contributed by atoms with van der Waals surface area (Å²) in [7, 11) is 0. The second-order valence-electron chi connectivity index (χ2n) is 5.70. The number of hydrogen-bond donors (Lipinski definition) is 2. The zero-order valence-electron chi connectivity index (χ0n) is 13.7. The van der Waals surface area contributed by atoms with Crippen LogP contribution in [0.25, 0.3) is 20.8 Å². The van der Waals surface area contributed by atoms with Gasteiger partial charge in [-0.25, -0.2) is 14.2 Å². The molecule has 2 amide bonds. The topological polar surface area (TPSA) is 54.0 Å². The number of benzene rings is 2. The fourth-order valence-corrected chi connectivity index (χ4v) is 4.67. The van der Waals surface area contributed by atoms with Crippen LogP contribution in [0.3, 0.4) is 0 Å². The Morgan fingerprint density at radius 3 is 2.62 bits per heavy atom. The molecule has 7 heteroatoms. The molecule has 0 bridgehead atoms. The second kappa shape index (κ2) is 6.86. The minimum absolute atomic E-state index is 0.344. The highest BCUT2D eigenvalue weighted by Gasteiger charge is 2.17. The minimum atomic E-state index is -0.374. The van der Waals surface area contributed by atoms with Crippen molar-refractivity contribution in [1.82, 2.24) is 4.98 Å². The molecular weight excluding hydrogens is 369 g/mol. The molecule has 2 N–H and O–H groups in total. The van der Waals surface area contributed by atoms with Gasteiger partial charge in [0.1, 0.15) is 15.8 Å². The molecule has 0 spiro atoms. The third-order valence-corrected chi connectivity index (χ3v) is 5.88. The lowest BCUT2D eigenvalue weighted by Crippen LogP contribution is -2.19. The van der Waals surface area contributed by atoms with Crippen LogP contribution in [0.1, 0.15) is 5.56 Å². The first-order valence-corrected chi connectivity index (χ1v) is 9.57.